The van der Waals surface area contributed by atoms with Gasteiger partial charge in [-0.1, -0.05) is 35.7 Å². The molecule has 0 unspecified atom stereocenters. The Morgan fingerprint density at radius 1 is 1.60 bits per heavy atom. The van der Waals surface area contributed by atoms with Crippen LogP contribution in [0, 0.1) is 5.92 Å². The van der Waals surface area contributed by atoms with Crippen molar-refractivity contribution in [2.45, 2.75) is 37.5 Å². The van der Waals surface area contributed by atoms with E-state index in [0.717, 1.165) is 5.33 Å². The molecule has 0 nitrogen and oxygen atoms in total. The van der Waals surface area contributed by atoms with E-state index in [-0.39, 0.29) is 4.87 Å². The molecule has 2 atom stereocenters. The van der Waals surface area contributed by atoms with E-state index in [2.05, 4.69) is 22.9 Å². The second-order valence-corrected chi connectivity index (χ2v) is 4.63. The highest BCUT2D eigenvalue weighted by Gasteiger charge is 2.34. The fourth-order valence-corrected chi connectivity index (χ4v) is 2.65. The van der Waals surface area contributed by atoms with Gasteiger partial charge in [-0.2, -0.15) is 0 Å². The summed E-state index contributed by atoms with van der Waals surface area (Å²) in [6, 6.07) is 0. The monoisotopic (exact) mass is 224 g/mol. The summed E-state index contributed by atoms with van der Waals surface area (Å²) in [4.78, 5) is 0.0677. The van der Waals surface area contributed by atoms with Gasteiger partial charge in [0, 0.05) is 5.33 Å². The van der Waals surface area contributed by atoms with Crippen molar-refractivity contribution in [2.24, 2.45) is 5.92 Å². The summed E-state index contributed by atoms with van der Waals surface area (Å²) in [6.45, 7) is 2.26. The van der Waals surface area contributed by atoms with Gasteiger partial charge in [-0.05, 0) is 18.8 Å². The number of hydrogen-bond acceptors (Lipinski definition) is 0. The number of alkyl halides is 2. The third-order valence-electron chi connectivity index (χ3n) is 2.58. The summed E-state index contributed by atoms with van der Waals surface area (Å²) >= 11 is 9.84. The number of halogens is 2. The zero-order chi connectivity index (χ0) is 7.61. The summed E-state index contributed by atoms with van der Waals surface area (Å²) in [5, 5.41) is 0.947. The van der Waals surface area contributed by atoms with Crippen LogP contribution in [-0.4, -0.2) is 10.2 Å². The standard InChI is InChI=1S/C8H14BrCl/c1-7-4-2-3-5-8(7,10)6-9/h7H,2-6H2,1H3/t7-,8+/m0/s1. The summed E-state index contributed by atoms with van der Waals surface area (Å²) < 4.78 is 0. The minimum absolute atomic E-state index is 0.0677. The molecule has 1 saturated carbocycles. The molecule has 0 heterocycles. The molecule has 1 aliphatic carbocycles. The highest BCUT2D eigenvalue weighted by Crippen LogP contribution is 2.39. The third-order valence-corrected chi connectivity index (χ3v) is 4.60. The summed E-state index contributed by atoms with van der Waals surface area (Å²) in [5.74, 6) is 0.683. The van der Waals surface area contributed by atoms with Crippen LogP contribution in [0.4, 0.5) is 0 Å². The van der Waals surface area contributed by atoms with E-state index < -0.39 is 0 Å². The lowest BCUT2D eigenvalue weighted by Gasteiger charge is -2.35. The molecule has 0 radical (unpaired) electrons. The molecule has 0 N–H and O–H groups in total. The average Bonchev–Trinajstić information content (AvgIpc) is 1.96. The Morgan fingerprint density at radius 3 is 2.70 bits per heavy atom. The summed E-state index contributed by atoms with van der Waals surface area (Å²) in [6.07, 6.45) is 5.15. The number of rotatable bonds is 1. The molecule has 60 valence electrons. The van der Waals surface area contributed by atoms with Crippen LogP contribution in [0.2, 0.25) is 0 Å². The van der Waals surface area contributed by atoms with Gasteiger partial charge in [-0.15, -0.1) is 11.6 Å². The van der Waals surface area contributed by atoms with Crippen LogP contribution in [0.1, 0.15) is 32.6 Å². The molecule has 0 spiro atoms. The van der Waals surface area contributed by atoms with Crippen LogP contribution in [0.3, 0.4) is 0 Å². The fraction of sp³-hybridized carbons (Fsp3) is 1.00. The molecule has 0 amide bonds. The average molecular weight is 226 g/mol. The maximum atomic E-state index is 6.36. The van der Waals surface area contributed by atoms with E-state index >= 15 is 0 Å². The van der Waals surface area contributed by atoms with E-state index in [1.807, 2.05) is 0 Å². The largest absolute Gasteiger partial charge is 0.118 e. The Balaban J connectivity index is 2.54. The van der Waals surface area contributed by atoms with Crippen molar-refractivity contribution in [3.8, 4) is 0 Å². The SMILES string of the molecule is C[C@H]1CCCC[C@@]1(Cl)CBr. The maximum absolute atomic E-state index is 6.36. The first-order valence-electron chi connectivity index (χ1n) is 3.94. The van der Waals surface area contributed by atoms with Crippen molar-refractivity contribution in [3.63, 3.8) is 0 Å². The Hall–Kier alpha value is 0.770. The van der Waals surface area contributed by atoms with E-state index in [1.165, 1.54) is 25.7 Å². The first-order chi connectivity index (χ1) is 4.69. The van der Waals surface area contributed by atoms with Crippen molar-refractivity contribution in [1.29, 1.82) is 0 Å². The molecular weight excluding hydrogens is 211 g/mol. The lowest BCUT2D eigenvalue weighted by molar-refractivity contribution is 0.311. The zero-order valence-electron chi connectivity index (χ0n) is 6.37. The van der Waals surface area contributed by atoms with Gasteiger partial charge in [0.15, 0.2) is 0 Å². The Kier molecular flexibility index (Phi) is 3.05. The third kappa shape index (κ3) is 1.68. The minimum Gasteiger partial charge on any atom is -0.118 e. The molecule has 10 heavy (non-hydrogen) atoms. The first-order valence-corrected chi connectivity index (χ1v) is 5.44. The highest BCUT2D eigenvalue weighted by molar-refractivity contribution is 9.09. The molecule has 1 fully saturated rings. The lowest BCUT2D eigenvalue weighted by Crippen LogP contribution is -2.34. The molecule has 0 saturated heterocycles. The Bertz CT molecular complexity index is 116. The molecule has 1 rings (SSSR count). The minimum atomic E-state index is 0.0677. The van der Waals surface area contributed by atoms with Gasteiger partial charge in [0.25, 0.3) is 0 Å². The molecular formula is C8H14BrCl. The fourth-order valence-electron chi connectivity index (χ4n) is 1.57. The molecule has 2 heteroatoms. The van der Waals surface area contributed by atoms with Crippen LogP contribution in [0.25, 0.3) is 0 Å². The van der Waals surface area contributed by atoms with Crippen LogP contribution in [0.15, 0.2) is 0 Å². The van der Waals surface area contributed by atoms with Crippen LogP contribution >= 0.6 is 27.5 Å². The van der Waals surface area contributed by atoms with E-state index in [4.69, 9.17) is 11.6 Å². The zero-order valence-corrected chi connectivity index (χ0v) is 8.71. The first kappa shape index (κ1) is 8.86. The highest BCUT2D eigenvalue weighted by atomic mass is 79.9. The van der Waals surface area contributed by atoms with Crippen molar-refractivity contribution in [1.82, 2.24) is 0 Å². The van der Waals surface area contributed by atoms with Crippen LogP contribution in [-0.2, 0) is 0 Å². The van der Waals surface area contributed by atoms with Crippen LogP contribution < -0.4 is 0 Å². The molecule has 0 aromatic heterocycles. The number of hydrogen-bond donors (Lipinski definition) is 0. The van der Waals surface area contributed by atoms with Crippen molar-refractivity contribution < 1.29 is 0 Å². The van der Waals surface area contributed by atoms with Crippen molar-refractivity contribution >= 4 is 27.5 Å². The van der Waals surface area contributed by atoms with Crippen molar-refractivity contribution in [2.75, 3.05) is 5.33 Å². The molecule has 0 aromatic carbocycles. The smallest absolute Gasteiger partial charge is 0.0568 e. The normalized spacial score (nSPS) is 41.7. The van der Waals surface area contributed by atoms with Gasteiger partial charge in [0.1, 0.15) is 0 Å². The van der Waals surface area contributed by atoms with Gasteiger partial charge >= 0.3 is 0 Å². The molecule has 0 aromatic rings. The van der Waals surface area contributed by atoms with Gasteiger partial charge in [-0.3, -0.25) is 0 Å². The molecule has 0 bridgehead atoms. The van der Waals surface area contributed by atoms with Gasteiger partial charge < -0.3 is 0 Å². The predicted octanol–water partition coefficient (Wildman–Crippen LogP) is 3.57. The quantitative estimate of drug-likeness (QED) is 0.599. The second kappa shape index (κ2) is 3.44. The van der Waals surface area contributed by atoms with Gasteiger partial charge in [-0.25, -0.2) is 0 Å². The van der Waals surface area contributed by atoms with Crippen molar-refractivity contribution in [3.05, 3.63) is 0 Å². The lowest BCUT2D eigenvalue weighted by atomic mass is 9.81. The topological polar surface area (TPSA) is 0 Å². The summed E-state index contributed by atoms with van der Waals surface area (Å²) in [5.41, 5.74) is 0. The Labute approximate surface area is 76.5 Å². The molecule has 1 aliphatic rings. The maximum Gasteiger partial charge on any atom is 0.0568 e. The summed E-state index contributed by atoms with van der Waals surface area (Å²) in [7, 11) is 0. The molecule has 0 aliphatic heterocycles. The predicted molar refractivity (Wildman–Crippen MR) is 50.0 cm³/mol. The van der Waals surface area contributed by atoms with E-state index in [9.17, 15) is 0 Å². The second-order valence-electron chi connectivity index (χ2n) is 3.32. The van der Waals surface area contributed by atoms with Gasteiger partial charge in [0.05, 0.1) is 4.87 Å². The van der Waals surface area contributed by atoms with Crippen LogP contribution in [0.5, 0.6) is 0 Å². The van der Waals surface area contributed by atoms with E-state index in [1.54, 1.807) is 0 Å². The van der Waals surface area contributed by atoms with Gasteiger partial charge in [0.2, 0.25) is 0 Å². The Morgan fingerprint density at radius 2 is 2.30 bits per heavy atom. The van der Waals surface area contributed by atoms with E-state index in [0.29, 0.717) is 5.92 Å².